The molecule has 2 aliphatic carbocycles. The quantitative estimate of drug-likeness (QED) is 0.722. The first-order valence-corrected chi connectivity index (χ1v) is 7.71. The molecular weight excluding hydrogens is 288 g/mol. The van der Waals surface area contributed by atoms with Crippen LogP contribution < -0.4 is 0 Å². The monoisotopic (exact) mass is 312 g/mol. The predicted octanol–water partition coefficient (Wildman–Crippen LogP) is 4.28. The zero-order chi connectivity index (χ0) is 15.6. The molecule has 0 amide bonds. The van der Waals surface area contributed by atoms with Crippen molar-refractivity contribution in [3.05, 3.63) is 0 Å². The molecule has 4 unspecified atom stereocenters. The highest BCUT2D eigenvalue weighted by molar-refractivity contribution is 4.92. The molecule has 0 aromatic heterocycles. The van der Waals surface area contributed by atoms with Gasteiger partial charge in [0, 0.05) is 7.11 Å². The smallest absolute Gasteiger partial charge is 0.361 e. The van der Waals surface area contributed by atoms with E-state index in [0.29, 0.717) is 18.8 Å². The molecule has 2 fully saturated rings. The molecular formula is C15H24F4O2. The van der Waals surface area contributed by atoms with Crippen molar-refractivity contribution in [2.75, 3.05) is 7.11 Å². The number of ether oxygens (including phenoxy) is 2. The Balaban J connectivity index is 1.95. The van der Waals surface area contributed by atoms with E-state index in [1.807, 2.05) is 0 Å². The van der Waals surface area contributed by atoms with Crippen LogP contribution in [-0.2, 0) is 9.47 Å². The average Bonchev–Trinajstić information content (AvgIpc) is 2.44. The molecule has 0 spiro atoms. The van der Waals surface area contributed by atoms with Crippen molar-refractivity contribution in [2.45, 2.75) is 76.1 Å². The summed E-state index contributed by atoms with van der Waals surface area (Å²) < 4.78 is 65.8. The first-order chi connectivity index (χ1) is 9.85. The van der Waals surface area contributed by atoms with Gasteiger partial charge in [-0.05, 0) is 44.4 Å². The third kappa shape index (κ3) is 3.89. The Morgan fingerprint density at radius 1 is 0.905 bits per heavy atom. The van der Waals surface area contributed by atoms with Gasteiger partial charge in [-0.15, -0.1) is 0 Å². The van der Waals surface area contributed by atoms with Gasteiger partial charge in [0.25, 0.3) is 0 Å². The third-order valence-electron chi connectivity index (χ3n) is 4.83. The Bertz CT molecular complexity index is 332. The van der Waals surface area contributed by atoms with Gasteiger partial charge in [0.2, 0.25) is 0 Å². The second-order valence-corrected chi connectivity index (χ2v) is 6.41. The van der Waals surface area contributed by atoms with Crippen LogP contribution in [0.2, 0.25) is 0 Å². The summed E-state index contributed by atoms with van der Waals surface area (Å²) in [5.74, 6) is -1.21. The van der Waals surface area contributed by atoms with Crippen molar-refractivity contribution in [1.29, 1.82) is 0 Å². The molecule has 2 saturated carbocycles. The molecule has 0 N–H and O–H groups in total. The van der Waals surface area contributed by atoms with Gasteiger partial charge in [0.15, 0.2) is 6.17 Å². The number of halogens is 4. The Labute approximate surface area is 123 Å². The van der Waals surface area contributed by atoms with Crippen molar-refractivity contribution in [1.82, 2.24) is 0 Å². The summed E-state index contributed by atoms with van der Waals surface area (Å²) in [6, 6.07) is 0. The first kappa shape index (κ1) is 17.0. The number of rotatable bonds is 4. The van der Waals surface area contributed by atoms with Crippen molar-refractivity contribution in [3.63, 3.8) is 0 Å². The van der Waals surface area contributed by atoms with E-state index < -0.39 is 36.6 Å². The lowest BCUT2D eigenvalue weighted by Gasteiger charge is -2.39. The minimum absolute atomic E-state index is 0.0867. The second kappa shape index (κ2) is 6.82. The maximum atomic E-state index is 14.2. The fraction of sp³-hybridized carbons (Fsp3) is 1.00. The second-order valence-electron chi connectivity index (χ2n) is 6.41. The van der Waals surface area contributed by atoms with Gasteiger partial charge in [-0.3, -0.25) is 0 Å². The topological polar surface area (TPSA) is 18.5 Å². The molecule has 0 bridgehead atoms. The molecule has 0 aromatic carbocycles. The summed E-state index contributed by atoms with van der Waals surface area (Å²) in [6.07, 6.45) is -6.64. The largest absolute Gasteiger partial charge is 0.378 e. The number of hydrogen-bond donors (Lipinski definition) is 0. The summed E-state index contributed by atoms with van der Waals surface area (Å²) in [4.78, 5) is 0. The fourth-order valence-corrected chi connectivity index (χ4v) is 3.35. The molecule has 0 saturated heterocycles. The number of alkyl halides is 4. The van der Waals surface area contributed by atoms with Gasteiger partial charge >= 0.3 is 6.11 Å². The van der Waals surface area contributed by atoms with Crippen LogP contribution in [0.4, 0.5) is 17.6 Å². The van der Waals surface area contributed by atoms with Gasteiger partial charge in [-0.25, -0.2) is 8.78 Å². The maximum absolute atomic E-state index is 14.2. The summed E-state index contributed by atoms with van der Waals surface area (Å²) in [6.45, 7) is 2.08. The maximum Gasteiger partial charge on any atom is 0.361 e. The average molecular weight is 312 g/mol. The standard InChI is InChI=1S/C15H24F4O2/c1-9-3-5-10(6-4-9)21-15(18,19)11-7-8-12(20-2)14(17)13(11)16/h9-14H,3-8H2,1-2H3. The molecule has 21 heavy (non-hydrogen) atoms. The van der Waals surface area contributed by atoms with Crippen LogP contribution in [0.25, 0.3) is 0 Å². The van der Waals surface area contributed by atoms with Crippen molar-refractivity contribution < 1.29 is 27.0 Å². The normalized spacial score (nSPS) is 42.0. The number of hydrogen-bond acceptors (Lipinski definition) is 2. The van der Waals surface area contributed by atoms with Crippen LogP contribution in [0.15, 0.2) is 0 Å². The zero-order valence-corrected chi connectivity index (χ0v) is 12.5. The molecule has 2 rings (SSSR count). The van der Waals surface area contributed by atoms with Gasteiger partial charge in [-0.1, -0.05) is 6.92 Å². The highest BCUT2D eigenvalue weighted by Gasteiger charge is 2.54. The first-order valence-electron chi connectivity index (χ1n) is 7.71. The molecule has 4 atom stereocenters. The van der Waals surface area contributed by atoms with Crippen molar-refractivity contribution in [3.8, 4) is 0 Å². The lowest BCUT2D eigenvalue weighted by atomic mass is 9.83. The van der Waals surface area contributed by atoms with Crippen LogP contribution in [-0.4, -0.2) is 37.8 Å². The SMILES string of the molecule is COC1CCC(C(F)(F)OC2CCC(C)CC2)C(F)C1F. The van der Waals surface area contributed by atoms with E-state index in [4.69, 9.17) is 9.47 Å². The highest BCUT2D eigenvalue weighted by atomic mass is 19.3. The fourth-order valence-electron chi connectivity index (χ4n) is 3.35. The van der Waals surface area contributed by atoms with Crippen molar-refractivity contribution in [2.24, 2.45) is 11.8 Å². The third-order valence-corrected chi connectivity index (χ3v) is 4.83. The van der Waals surface area contributed by atoms with E-state index in [0.717, 1.165) is 12.8 Å². The predicted molar refractivity (Wildman–Crippen MR) is 70.8 cm³/mol. The molecule has 0 aromatic rings. The molecule has 0 heterocycles. The van der Waals surface area contributed by atoms with E-state index in [-0.39, 0.29) is 12.8 Å². The Morgan fingerprint density at radius 2 is 1.52 bits per heavy atom. The lowest BCUT2D eigenvalue weighted by molar-refractivity contribution is -0.315. The Morgan fingerprint density at radius 3 is 2.10 bits per heavy atom. The highest BCUT2D eigenvalue weighted by Crippen LogP contribution is 2.43. The van der Waals surface area contributed by atoms with E-state index in [2.05, 4.69) is 6.92 Å². The molecule has 0 radical (unpaired) electrons. The Kier molecular flexibility index (Phi) is 5.52. The van der Waals surface area contributed by atoms with Gasteiger partial charge in [-0.2, -0.15) is 8.78 Å². The van der Waals surface area contributed by atoms with E-state index >= 15 is 0 Å². The van der Waals surface area contributed by atoms with E-state index in [1.165, 1.54) is 7.11 Å². The summed E-state index contributed by atoms with van der Waals surface area (Å²) >= 11 is 0. The van der Waals surface area contributed by atoms with Crippen molar-refractivity contribution >= 4 is 0 Å². The number of methoxy groups -OCH3 is 1. The zero-order valence-electron chi connectivity index (χ0n) is 12.5. The van der Waals surface area contributed by atoms with Gasteiger partial charge in [0.05, 0.1) is 18.1 Å². The Hall–Kier alpha value is -0.360. The molecule has 124 valence electrons. The minimum Gasteiger partial charge on any atom is -0.378 e. The molecule has 0 aliphatic heterocycles. The van der Waals surface area contributed by atoms with Crippen LogP contribution >= 0.6 is 0 Å². The van der Waals surface area contributed by atoms with Crippen LogP contribution in [0, 0.1) is 11.8 Å². The molecule has 2 nitrogen and oxygen atoms in total. The van der Waals surface area contributed by atoms with Gasteiger partial charge in [0.1, 0.15) is 6.17 Å². The summed E-state index contributed by atoms with van der Waals surface area (Å²) in [5, 5.41) is 0. The lowest BCUT2D eigenvalue weighted by Crippen LogP contribution is -2.50. The van der Waals surface area contributed by atoms with Crippen LogP contribution in [0.1, 0.15) is 45.4 Å². The summed E-state index contributed by atoms with van der Waals surface area (Å²) in [7, 11) is 1.27. The molecule has 6 heteroatoms. The summed E-state index contributed by atoms with van der Waals surface area (Å²) in [5.41, 5.74) is 0. The van der Waals surface area contributed by atoms with Gasteiger partial charge < -0.3 is 9.47 Å². The van der Waals surface area contributed by atoms with Crippen LogP contribution in [0.5, 0.6) is 0 Å². The van der Waals surface area contributed by atoms with E-state index in [9.17, 15) is 17.6 Å². The van der Waals surface area contributed by atoms with Crippen LogP contribution in [0.3, 0.4) is 0 Å². The van der Waals surface area contributed by atoms with E-state index in [1.54, 1.807) is 0 Å². The molecule has 2 aliphatic rings. The minimum atomic E-state index is -3.62.